The summed E-state index contributed by atoms with van der Waals surface area (Å²) >= 11 is 0. The fourth-order valence-electron chi connectivity index (χ4n) is 3.77. The van der Waals surface area contributed by atoms with E-state index in [0.717, 1.165) is 36.3 Å². The minimum atomic E-state index is -1.11. The van der Waals surface area contributed by atoms with Crippen LogP contribution >= 0.6 is 0 Å². The van der Waals surface area contributed by atoms with Crippen LogP contribution in [0.4, 0.5) is 5.69 Å². The molecule has 0 unspecified atom stereocenters. The summed E-state index contributed by atoms with van der Waals surface area (Å²) in [5.41, 5.74) is 8.97. The Labute approximate surface area is 156 Å². The Balaban J connectivity index is 1.98. The third-order valence-electron chi connectivity index (χ3n) is 4.94. The number of methoxy groups -OCH3 is 1. The van der Waals surface area contributed by atoms with Gasteiger partial charge in [0.1, 0.15) is 5.82 Å². The third-order valence-corrected chi connectivity index (χ3v) is 5.83. The van der Waals surface area contributed by atoms with E-state index < -0.39 is 9.04 Å². The highest BCUT2D eigenvalue weighted by Crippen LogP contribution is 2.38. The number of esters is 1. The molecule has 2 N–H and O–H groups in total. The minimum Gasteiger partial charge on any atom is -0.465 e. The molecular weight excluding hydrogens is 346 g/mol. The quantitative estimate of drug-likeness (QED) is 0.495. The molecule has 0 aliphatic heterocycles. The maximum absolute atomic E-state index is 11.9. The number of nitrogens with two attached hydrogens (primary N) is 1. The number of nitrogen functional groups attached to an aromatic ring is 1. The molecule has 140 valence electrons. The van der Waals surface area contributed by atoms with Gasteiger partial charge < -0.3 is 19.5 Å². The second-order valence-electron chi connectivity index (χ2n) is 7.13. The summed E-state index contributed by atoms with van der Waals surface area (Å²) in [6, 6.07) is 3.61. The van der Waals surface area contributed by atoms with Crippen LogP contribution in [-0.4, -0.2) is 37.8 Å². The van der Waals surface area contributed by atoms with Crippen molar-refractivity contribution in [2.24, 2.45) is 0 Å². The molecule has 2 atom stereocenters. The van der Waals surface area contributed by atoms with Crippen LogP contribution in [0.2, 0.25) is 13.1 Å². The van der Waals surface area contributed by atoms with Gasteiger partial charge >= 0.3 is 5.97 Å². The van der Waals surface area contributed by atoms with Crippen LogP contribution in [0.1, 0.15) is 46.9 Å². The van der Waals surface area contributed by atoms with Crippen LogP contribution in [0.5, 0.6) is 0 Å². The molecule has 0 amide bonds. The lowest BCUT2D eigenvalue weighted by Gasteiger charge is -2.23. The molecule has 0 spiro atoms. The van der Waals surface area contributed by atoms with Crippen molar-refractivity contribution in [3.05, 3.63) is 41.5 Å². The van der Waals surface area contributed by atoms with E-state index >= 15 is 0 Å². The number of ether oxygens (including phenoxy) is 1. The van der Waals surface area contributed by atoms with Crippen LogP contribution in [0, 0.1) is 6.92 Å². The van der Waals surface area contributed by atoms with Crippen LogP contribution in [0.25, 0.3) is 5.69 Å². The van der Waals surface area contributed by atoms with Crippen molar-refractivity contribution in [3.63, 3.8) is 0 Å². The standard InChI is InChI=1S/C19H27N3O3Si/c1-12-10-16(15(20)11-14(12)19(23)24-2)22-9-8-21-18(22)13-6-5-7-17(13)25-26(3)4/h8-11,13,17,26H,5-7,20H2,1-4H3/t13-,17+/m1/s1. The number of carbonyl (C=O) groups is 1. The lowest BCUT2D eigenvalue weighted by molar-refractivity contribution is 0.0600. The zero-order valence-electron chi connectivity index (χ0n) is 15.9. The van der Waals surface area contributed by atoms with Gasteiger partial charge in [-0.1, -0.05) is 6.42 Å². The van der Waals surface area contributed by atoms with Crippen molar-refractivity contribution in [2.45, 2.75) is 51.3 Å². The minimum absolute atomic E-state index is 0.236. The number of carbonyl (C=O) groups excluding carboxylic acids is 1. The third kappa shape index (κ3) is 3.54. The maximum atomic E-state index is 11.9. The highest BCUT2D eigenvalue weighted by Gasteiger charge is 2.33. The molecule has 1 aromatic heterocycles. The zero-order chi connectivity index (χ0) is 18.8. The van der Waals surface area contributed by atoms with Gasteiger partial charge in [0.15, 0.2) is 9.04 Å². The SMILES string of the molecule is COC(=O)c1cc(N)c(-n2ccnc2[C@@H]2CCC[C@@H]2O[SiH](C)C)cc1C. The molecular formula is C19H27N3O3Si. The van der Waals surface area contributed by atoms with E-state index in [1.165, 1.54) is 7.11 Å². The van der Waals surface area contributed by atoms with Crippen molar-refractivity contribution in [1.82, 2.24) is 9.55 Å². The molecule has 26 heavy (non-hydrogen) atoms. The van der Waals surface area contributed by atoms with Crippen LogP contribution in [0.15, 0.2) is 24.5 Å². The van der Waals surface area contributed by atoms with Gasteiger partial charge in [0.2, 0.25) is 0 Å². The number of nitrogens with zero attached hydrogens (tertiary/aromatic N) is 2. The van der Waals surface area contributed by atoms with Crippen molar-refractivity contribution in [2.75, 3.05) is 12.8 Å². The molecule has 6 nitrogen and oxygen atoms in total. The second kappa shape index (κ2) is 7.63. The summed E-state index contributed by atoms with van der Waals surface area (Å²) in [6.45, 7) is 6.29. The van der Waals surface area contributed by atoms with Gasteiger partial charge in [-0.25, -0.2) is 9.78 Å². The van der Waals surface area contributed by atoms with E-state index in [-0.39, 0.29) is 18.0 Å². The Morgan fingerprint density at radius 3 is 2.81 bits per heavy atom. The molecule has 1 aliphatic rings. The summed E-state index contributed by atoms with van der Waals surface area (Å²) in [4.78, 5) is 16.5. The molecule has 0 bridgehead atoms. The van der Waals surface area contributed by atoms with Crippen LogP contribution in [0.3, 0.4) is 0 Å². The van der Waals surface area contributed by atoms with Crippen LogP contribution in [-0.2, 0) is 9.16 Å². The Kier molecular flexibility index (Phi) is 5.48. The van der Waals surface area contributed by atoms with E-state index in [9.17, 15) is 4.79 Å². The monoisotopic (exact) mass is 373 g/mol. The first-order valence-electron chi connectivity index (χ1n) is 9.10. The molecule has 1 aromatic carbocycles. The largest absolute Gasteiger partial charge is 0.465 e. The van der Waals surface area contributed by atoms with Crippen molar-refractivity contribution in [1.29, 1.82) is 0 Å². The zero-order valence-corrected chi connectivity index (χ0v) is 17.0. The Morgan fingerprint density at radius 1 is 1.35 bits per heavy atom. The molecule has 7 heteroatoms. The Bertz CT molecular complexity index is 803. The molecule has 0 saturated heterocycles. The van der Waals surface area contributed by atoms with Gasteiger partial charge in [-0.3, -0.25) is 0 Å². The smallest absolute Gasteiger partial charge is 0.338 e. The normalized spacial score (nSPS) is 19.9. The van der Waals surface area contributed by atoms with E-state index in [2.05, 4.69) is 18.1 Å². The predicted molar refractivity (Wildman–Crippen MR) is 104 cm³/mol. The van der Waals surface area contributed by atoms with E-state index in [1.807, 2.05) is 23.8 Å². The number of aromatic nitrogens is 2. The summed E-state index contributed by atoms with van der Waals surface area (Å²) < 4.78 is 13.1. The Hall–Kier alpha value is -2.12. The first kappa shape index (κ1) is 18.7. The van der Waals surface area contributed by atoms with Crippen molar-refractivity contribution < 1.29 is 14.0 Å². The molecule has 1 saturated carbocycles. The fourth-order valence-corrected chi connectivity index (χ4v) is 4.80. The first-order chi connectivity index (χ1) is 12.4. The van der Waals surface area contributed by atoms with Crippen LogP contribution < -0.4 is 5.73 Å². The second-order valence-corrected chi connectivity index (χ2v) is 9.50. The molecule has 3 rings (SSSR count). The number of anilines is 1. The number of aryl methyl sites for hydroxylation is 1. The summed E-state index contributed by atoms with van der Waals surface area (Å²) in [5.74, 6) is 0.886. The topological polar surface area (TPSA) is 79.4 Å². The van der Waals surface area contributed by atoms with Gasteiger partial charge in [-0.15, -0.1) is 0 Å². The van der Waals surface area contributed by atoms with E-state index in [0.29, 0.717) is 11.3 Å². The number of benzene rings is 1. The lowest BCUT2D eigenvalue weighted by Crippen LogP contribution is -2.25. The average molecular weight is 374 g/mol. The summed E-state index contributed by atoms with van der Waals surface area (Å²) in [5, 5.41) is 0. The van der Waals surface area contributed by atoms with Gasteiger partial charge in [-0.2, -0.15) is 0 Å². The summed E-state index contributed by atoms with van der Waals surface area (Å²) in [7, 11) is 0.264. The average Bonchev–Trinajstić information content (AvgIpc) is 3.24. The molecule has 1 fully saturated rings. The van der Waals surface area contributed by atoms with Gasteiger partial charge in [0, 0.05) is 18.3 Å². The van der Waals surface area contributed by atoms with E-state index in [1.54, 1.807) is 12.3 Å². The van der Waals surface area contributed by atoms with Gasteiger partial charge in [0.25, 0.3) is 0 Å². The molecule has 1 heterocycles. The Morgan fingerprint density at radius 2 is 2.12 bits per heavy atom. The predicted octanol–water partition coefficient (Wildman–Crippen LogP) is 3.19. The van der Waals surface area contributed by atoms with Crippen molar-refractivity contribution >= 4 is 20.7 Å². The highest BCUT2D eigenvalue weighted by atomic mass is 28.3. The highest BCUT2D eigenvalue weighted by molar-refractivity contribution is 6.48. The van der Waals surface area contributed by atoms with Gasteiger partial charge in [-0.05, 0) is 50.6 Å². The number of hydrogen-bond acceptors (Lipinski definition) is 5. The maximum Gasteiger partial charge on any atom is 0.338 e. The fraction of sp³-hybridized carbons (Fsp3) is 0.474. The van der Waals surface area contributed by atoms with E-state index in [4.69, 9.17) is 14.9 Å². The first-order valence-corrected chi connectivity index (χ1v) is 11.9. The lowest BCUT2D eigenvalue weighted by atomic mass is 10.0. The molecule has 2 aromatic rings. The van der Waals surface area contributed by atoms with Crippen molar-refractivity contribution in [3.8, 4) is 5.69 Å². The number of hydrogen-bond donors (Lipinski definition) is 1. The summed E-state index contributed by atoms with van der Waals surface area (Å²) in [6.07, 6.45) is 7.28. The number of imidazole rings is 1. The van der Waals surface area contributed by atoms with Gasteiger partial charge in [0.05, 0.1) is 30.2 Å². The molecule has 0 radical (unpaired) electrons. The molecule has 1 aliphatic carbocycles. The number of rotatable bonds is 5.